The minimum atomic E-state index is 0.131. The number of hydrogen-bond acceptors (Lipinski definition) is 4. The number of rotatable bonds is 3. The average molecular weight is 204 g/mol. The summed E-state index contributed by atoms with van der Waals surface area (Å²) < 4.78 is 1.71. The summed E-state index contributed by atoms with van der Waals surface area (Å²) in [4.78, 5) is 3.98. The third-order valence-electron chi connectivity index (χ3n) is 2.07. The van der Waals surface area contributed by atoms with Crippen LogP contribution in [0.5, 0.6) is 0 Å². The van der Waals surface area contributed by atoms with Gasteiger partial charge in [-0.25, -0.2) is 9.67 Å². The van der Waals surface area contributed by atoms with Gasteiger partial charge in [0.25, 0.3) is 0 Å². The summed E-state index contributed by atoms with van der Waals surface area (Å²) >= 11 is 0. The van der Waals surface area contributed by atoms with Gasteiger partial charge in [0.1, 0.15) is 5.82 Å². The van der Waals surface area contributed by atoms with Gasteiger partial charge in [0, 0.05) is 12.8 Å². The van der Waals surface area contributed by atoms with Gasteiger partial charge in [0.2, 0.25) is 0 Å². The van der Waals surface area contributed by atoms with E-state index in [4.69, 9.17) is 10.8 Å². The summed E-state index contributed by atoms with van der Waals surface area (Å²) in [5.74, 6) is 0.487. The zero-order valence-electron chi connectivity index (χ0n) is 8.17. The second kappa shape index (κ2) is 4.10. The molecule has 15 heavy (non-hydrogen) atoms. The summed E-state index contributed by atoms with van der Waals surface area (Å²) in [5, 5.41) is 12.9. The molecule has 0 bridgehead atoms. The highest BCUT2D eigenvalue weighted by molar-refractivity contribution is 5.36. The second-order valence-electron chi connectivity index (χ2n) is 3.21. The topological polar surface area (TPSA) is 77.0 Å². The van der Waals surface area contributed by atoms with E-state index >= 15 is 0 Å². The smallest absolute Gasteiger partial charge is 0.123 e. The molecule has 5 heteroatoms. The van der Waals surface area contributed by atoms with Crippen LogP contribution < -0.4 is 5.73 Å². The van der Waals surface area contributed by atoms with Crippen LogP contribution in [-0.2, 0) is 6.42 Å². The largest absolute Gasteiger partial charge is 0.396 e. The van der Waals surface area contributed by atoms with Crippen LogP contribution in [0.25, 0.3) is 5.69 Å². The van der Waals surface area contributed by atoms with E-state index in [1.165, 1.54) is 0 Å². The van der Waals surface area contributed by atoms with Gasteiger partial charge in [-0.2, -0.15) is 5.10 Å². The number of aromatic nitrogens is 3. The van der Waals surface area contributed by atoms with E-state index in [1.54, 1.807) is 23.1 Å². The molecule has 0 aromatic carbocycles. The van der Waals surface area contributed by atoms with Gasteiger partial charge in [-0.15, -0.1) is 0 Å². The van der Waals surface area contributed by atoms with E-state index in [2.05, 4.69) is 10.1 Å². The van der Waals surface area contributed by atoms with E-state index in [0.717, 1.165) is 11.3 Å². The van der Waals surface area contributed by atoms with E-state index in [1.807, 2.05) is 12.3 Å². The predicted molar refractivity (Wildman–Crippen MR) is 56.6 cm³/mol. The highest BCUT2D eigenvalue weighted by Crippen LogP contribution is 2.08. The Balaban J connectivity index is 2.25. The Labute approximate surface area is 87.2 Å². The number of pyridine rings is 1. The number of aliphatic hydroxyl groups is 1. The zero-order chi connectivity index (χ0) is 10.7. The monoisotopic (exact) mass is 204 g/mol. The molecule has 0 spiro atoms. The number of nitrogens with zero attached hydrogens (tertiary/aromatic N) is 3. The van der Waals surface area contributed by atoms with E-state index in [0.29, 0.717) is 12.2 Å². The minimum Gasteiger partial charge on any atom is -0.396 e. The van der Waals surface area contributed by atoms with Crippen LogP contribution in [0.3, 0.4) is 0 Å². The first-order valence-electron chi connectivity index (χ1n) is 4.66. The number of anilines is 1. The maximum Gasteiger partial charge on any atom is 0.123 e. The van der Waals surface area contributed by atoms with Crippen LogP contribution in [0, 0.1) is 0 Å². The normalized spacial score (nSPS) is 10.5. The first-order valence-corrected chi connectivity index (χ1v) is 4.66. The molecule has 0 radical (unpaired) electrons. The predicted octanol–water partition coefficient (Wildman–Crippen LogP) is 0.384. The lowest BCUT2D eigenvalue weighted by Gasteiger charge is -1.99. The molecule has 0 aliphatic rings. The molecule has 2 heterocycles. The van der Waals surface area contributed by atoms with Crippen molar-refractivity contribution in [2.45, 2.75) is 6.42 Å². The highest BCUT2D eigenvalue weighted by Gasteiger charge is 2.00. The lowest BCUT2D eigenvalue weighted by atomic mass is 10.3. The maximum absolute atomic E-state index is 8.77. The van der Waals surface area contributed by atoms with Crippen molar-refractivity contribution in [3.8, 4) is 5.69 Å². The van der Waals surface area contributed by atoms with Gasteiger partial charge >= 0.3 is 0 Å². The molecule has 0 atom stereocenters. The molecule has 5 nitrogen and oxygen atoms in total. The van der Waals surface area contributed by atoms with Gasteiger partial charge < -0.3 is 10.8 Å². The summed E-state index contributed by atoms with van der Waals surface area (Å²) in [6, 6.07) is 3.57. The molecular formula is C10H12N4O. The van der Waals surface area contributed by atoms with Crippen molar-refractivity contribution in [1.82, 2.24) is 14.8 Å². The lowest BCUT2D eigenvalue weighted by molar-refractivity contribution is 0.299. The third-order valence-corrected chi connectivity index (χ3v) is 2.07. The average Bonchev–Trinajstić information content (AvgIpc) is 2.68. The molecule has 0 aliphatic carbocycles. The molecule has 0 saturated heterocycles. The molecule has 0 amide bonds. The number of nitrogen functional groups attached to an aromatic ring is 1. The number of hydrogen-bond donors (Lipinski definition) is 2. The Morgan fingerprint density at radius 2 is 2.20 bits per heavy atom. The Hall–Kier alpha value is -1.88. The van der Waals surface area contributed by atoms with Crippen molar-refractivity contribution < 1.29 is 5.11 Å². The van der Waals surface area contributed by atoms with Crippen LogP contribution in [-0.4, -0.2) is 26.5 Å². The van der Waals surface area contributed by atoms with Crippen LogP contribution in [0.4, 0.5) is 5.82 Å². The van der Waals surface area contributed by atoms with Crippen LogP contribution in [0.1, 0.15) is 5.56 Å². The Bertz CT molecular complexity index is 435. The zero-order valence-corrected chi connectivity index (χ0v) is 8.17. The third kappa shape index (κ3) is 2.13. The Morgan fingerprint density at radius 3 is 2.87 bits per heavy atom. The second-order valence-corrected chi connectivity index (χ2v) is 3.21. The lowest BCUT2D eigenvalue weighted by Crippen LogP contribution is -1.97. The van der Waals surface area contributed by atoms with Crippen LogP contribution in [0.15, 0.2) is 30.7 Å². The molecule has 0 aliphatic heterocycles. The molecule has 2 aromatic rings. The van der Waals surface area contributed by atoms with Crippen molar-refractivity contribution in [2.75, 3.05) is 12.3 Å². The standard InChI is InChI=1S/C10H12N4O/c11-10-2-1-9(6-12-10)14-7-8(3-4-15)5-13-14/h1-2,5-7,15H,3-4H2,(H2,11,12). The fourth-order valence-corrected chi connectivity index (χ4v) is 1.29. The SMILES string of the molecule is Nc1ccc(-n2cc(CCO)cn2)cn1. The first kappa shape index (κ1) is 9.67. The van der Waals surface area contributed by atoms with Gasteiger partial charge in [0.05, 0.1) is 18.1 Å². The van der Waals surface area contributed by atoms with Crippen LogP contribution >= 0.6 is 0 Å². The van der Waals surface area contributed by atoms with E-state index < -0.39 is 0 Å². The fraction of sp³-hybridized carbons (Fsp3) is 0.200. The van der Waals surface area contributed by atoms with Crippen molar-refractivity contribution in [3.63, 3.8) is 0 Å². The van der Waals surface area contributed by atoms with Gasteiger partial charge in [-0.05, 0) is 24.1 Å². The quantitative estimate of drug-likeness (QED) is 0.758. The first-order chi connectivity index (χ1) is 7.29. The van der Waals surface area contributed by atoms with Crippen molar-refractivity contribution in [3.05, 3.63) is 36.3 Å². The minimum absolute atomic E-state index is 0.131. The molecule has 0 fully saturated rings. The van der Waals surface area contributed by atoms with E-state index in [9.17, 15) is 0 Å². The summed E-state index contributed by atoms with van der Waals surface area (Å²) in [6.45, 7) is 0.131. The highest BCUT2D eigenvalue weighted by atomic mass is 16.2. The van der Waals surface area contributed by atoms with Gasteiger partial charge in [-0.3, -0.25) is 0 Å². The van der Waals surface area contributed by atoms with Crippen molar-refractivity contribution in [1.29, 1.82) is 0 Å². The van der Waals surface area contributed by atoms with Gasteiger partial charge in [-0.1, -0.05) is 0 Å². The summed E-state index contributed by atoms with van der Waals surface area (Å²) in [5.41, 5.74) is 7.33. The molecule has 0 unspecified atom stereocenters. The molecular weight excluding hydrogens is 192 g/mol. The van der Waals surface area contributed by atoms with Crippen LogP contribution in [0.2, 0.25) is 0 Å². The summed E-state index contributed by atoms with van der Waals surface area (Å²) in [7, 11) is 0. The molecule has 2 rings (SSSR count). The Morgan fingerprint density at radius 1 is 1.33 bits per heavy atom. The molecule has 2 aromatic heterocycles. The fourth-order valence-electron chi connectivity index (χ4n) is 1.29. The van der Waals surface area contributed by atoms with Crippen molar-refractivity contribution >= 4 is 5.82 Å². The Kier molecular flexibility index (Phi) is 2.64. The molecule has 0 saturated carbocycles. The molecule has 78 valence electrons. The van der Waals surface area contributed by atoms with E-state index in [-0.39, 0.29) is 6.61 Å². The summed E-state index contributed by atoms with van der Waals surface area (Å²) in [6.07, 6.45) is 5.86. The number of nitrogens with two attached hydrogens (primary N) is 1. The number of aliphatic hydroxyl groups excluding tert-OH is 1. The molecule has 3 N–H and O–H groups in total. The van der Waals surface area contributed by atoms with Crippen molar-refractivity contribution in [2.24, 2.45) is 0 Å². The van der Waals surface area contributed by atoms with Gasteiger partial charge in [0.15, 0.2) is 0 Å². The maximum atomic E-state index is 8.77.